The summed E-state index contributed by atoms with van der Waals surface area (Å²) in [5, 5.41) is 0. The highest BCUT2D eigenvalue weighted by Crippen LogP contribution is 2.52. The summed E-state index contributed by atoms with van der Waals surface area (Å²) in [6.07, 6.45) is 13.8. The van der Waals surface area contributed by atoms with Crippen molar-refractivity contribution in [3.8, 4) is 11.1 Å². The summed E-state index contributed by atoms with van der Waals surface area (Å²) < 4.78 is 0. The second-order valence-electron chi connectivity index (χ2n) is 11.0. The van der Waals surface area contributed by atoms with Crippen molar-refractivity contribution >= 4 is 11.3 Å². The Morgan fingerprint density at radius 1 is 0.778 bits per heavy atom. The zero-order valence-electron chi connectivity index (χ0n) is 21.1. The molecule has 4 aliphatic rings. The molecular weight excluding hydrogens is 436 g/mol. The minimum Gasteiger partial charge on any atom is -0.323 e. The molecule has 1 unspecified atom stereocenters. The summed E-state index contributed by atoms with van der Waals surface area (Å²) in [7, 11) is 0. The second kappa shape index (κ2) is 7.73. The molecule has 2 heteroatoms. The normalized spacial score (nSPS) is 19.6. The summed E-state index contributed by atoms with van der Waals surface area (Å²) in [6.45, 7) is 7.80. The van der Waals surface area contributed by atoms with Crippen molar-refractivity contribution in [1.82, 2.24) is 9.80 Å². The van der Waals surface area contributed by atoms with Gasteiger partial charge in [-0.3, -0.25) is 0 Å². The van der Waals surface area contributed by atoms with Crippen molar-refractivity contribution in [2.75, 3.05) is 6.54 Å². The van der Waals surface area contributed by atoms with E-state index >= 15 is 0 Å². The predicted octanol–water partition coefficient (Wildman–Crippen LogP) is 8.15. The van der Waals surface area contributed by atoms with Crippen LogP contribution in [-0.2, 0) is 0 Å². The highest BCUT2D eigenvalue weighted by atomic mass is 15.4. The molecule has 3 aromatic rings. The zero-order chi connectivity index (χ0) is 24.4. The monoisotopic (exact) mass is 466 g/mol. The molecule has 2 nitrogen and oxygen atoms in total. The van der Waals surface area contributed by atoms with E-state index in [4.69, 9.17) is 0 Å². The van der Waals surface area contributed by atoms with Gasteiger partial charge in [-0.1, -0.05) is 106 Å². The Labute approximate surface area is 213 Å². The number of hydrogen-bond acceptors (Lipinski definition) is 2. The van der Waals surface area contributed by atoms with E-state index in [9.17, 15) is 0 Å². The van der Waals surface area contributed by atoms with Gasteiger partial charge in [0, 0.05) is 23.9 Å². The Morgan fingerprint density at radius 2 is 1.58 bits per heavy atom. The van der Waals surface area contributed by atoms with Crippen molar-refractivity contribution in [1.29, 1.82) is 0 Å². The van der Waals surface area contributed by atoms with E-state index in [-0.39, 0.29) is 11.5 Å². The molecule has 7 rings (SSSR count). The number of fused-ring (bicyclic) bond motifs is 10. The lowest BCUT2D eigenvalue weighted by atomic mass is 9.78. The average molecular weight is 467 g/mol. The van der Waals surface area contributed by atoms with Gasteiger partial charge in [-0.2, -0.15) is 0 Å². The minimum absolute atomic E-state index is 0.0976. The van der Waals surface area contributed by atoms with Gasteiger partial charge < -0.3 is 9.80 Å². The van der Waals surface area contributed by atoms with Gasteiger partial charge in [0.05, 0.1) is 11.7 Å². The fourth-order valence-electron chi connectivity index (χ4n) is 6.03. The number of nitrogens with zero attached hydrogens (tertiary/aromatic N) is 2. The number of rotatable bonds is 1. The van der Waals surface area contributed by atoms with Crippen LogP contribution in [0.25, 0.3) is 22.4 Å². The number of hydrogen-bond donors (Lipinski definition) is 0. The summed E-state index contributed by atoms with van der Waals surface area (Å²) in [5.74, 6) is 1.29. The molecule has 0 N–H and O–H groups in total. The highest BCUT2D eigenvalue weighted by molar-refractivity contribution is 5.96. The lowest BCUT2D eigenvalue weighted by Gasteiger charge is -2.48. The maximum Gasteiger partial charge on any atom is 0.122 e. The van der Waals surface area contributed by atoms with E-state index in [0.29, 0.717) is 0 Å². The molecule has 0 bridgehead atoms. The van der Waals surface area contributed by atoms with Crippen molar-refractivity contribution in [2.45, 2.75) is 26.8 Å². The molecule has 1 atom stereocenters. The number of allylic oxidation sites excluding steroid dienone is 4. The molecule has 0 aromatic heterocycles. The van der Waals surface area contributed by atoms with Crippen LogP contribution in [0.4, 0.5) is 0 Å². The first-order valence-corrected chi connectivity index (χ1v) is 12.9. The minimum atomic E-state index is 0.0976. The fraction of sp³-hybridized carbons (Fsp3) is 0.176. The Hall–Kier alpha value is -4.04. The van der Waals surface area contributed by atoms with E-state index in [1.165, 1.54) is 56.0 Å². The second-order valence-corrected chi connectivity index (χ2v) is 11.0. The standard InChI is InChI=1S/C34H30N2/c1-34(2,3)25-18-20-36-31(22-25)29-21-24(23-11-5-4-6-12-23)16-17-28(29)32-27-14-8-7-13-26(27)30-15-9-10-19-35(30)33(32)36/h4-19,21-22,30H,20H2,1-3H3. The molecular formula is C34H30N2. The van der Waals surface area contributed by atoms with Gasteiger partial charge in [-0.15, -0.1) is 0 Å². The highest BCUT2D eigenvalue weighted by Gasteiger charge is 2.40. The smallest absolute Gasteiger partial charge is 0.122 e. The van der Waals surface area contributed by atoms with Gasteiger partial charge in [0.1, 0.15) is 5.82 Å². The lowest BCUT2D eigenvalue weighted by Crippen LogP contribution is -2.41. The van der Waals surface area contributed by atoms with Gasteiger partial charge in [0.15, 0.2) is 0 Å². The largest absolute Gasteiger partial charge is 0.323 e. The quantitative estimate of drug-likeness (QED) is 0.357. The van der Waals surface area contributed by atoms with Crippen molar-refractivity contribution in [3.05, 3.63) is 143 Å². The third kappa shape index (κ3) is 3.10. The lowest BCUT2D eigenvalue weighted by molar-refractivity contribution is 0.294. The molecule has 0 radical (unpaired) electrons. The van der Waals surface area contributed by atoms with E-state index in [0.717, 1.165) is 6.54 Å². The fourth-order valence-corrected chi connectivity index (χ4v) is 6.03. The van der Waals surface area contributed by atoms with Crippen LogP contribution in [-0.4, -0.2) is 16.3 Å². The molecule has 36 heavy (non-hydrogen) atoms. The van der Waals surface area contributed by atoms with Crippen LogP contribution in [0.2, 0.25) is 0 Å². The topological polar surface area (TPSA) is 6.48 Å². The molecule has 0 saturated heterocycles. The van der Waals surface area contributed by atoms with Crippen LogP contribution in [0.15, 0.2) is 121 Å². The SMILES string of the molecule is CC(C)(C)C1=CCN2C(=C1)c1cc(-c3ccccc3)ccc1C1=C2N2C=CC=CC2c2ccccc21. The Morgan fingerprint density at radius 3 is 2.42 bits per heavy atom. The van der Waals surface area contributed by atoms with Crippen LogP contribution in [0, 0.1) is 5.41 Å². The molecule has 176 valence electrons. The van der Waals surface area contributed by atoms with Gasteiger partial charge in [-0.25, -0.2) is 0 Å². The summed E-state index contributed by atoms with van der Waals surface area (Å²) in [4.78, 5) is 5.00. The molecule has 0 saturated carbocycles. The molecule has 4 aliphatic heterocycles. The average Bonchev–Trinajstić information content (AvgIpc) is 2.92. The first-order chi connectivity index (χ1) is 17.5. The zero-order valence-corrected chi connectivity index (χ0v) is 21.1. The van der Waals surface area contributed by atoms with Gasteiger partial charge >= 0.3 is 0 Å². The van der Waals surface area contributed by atoms with E-state index in [2.05, 4.69) is 140 Å². The third-order valence-electron chi connectivity index (χ3n) is 7.84. The van der Waals surface area contributed by atoms with Crippen molar-refractivity contribution in [2.24, 2.45) is 5.41 Å². The van der Waals surface area contributed by atoms with Crippen molar-refractivity contribution in [3.63, 3.8) is 0 Å². The molecule has 0 spiro atoms. The third-order valence-corrected chi connectivity index (χ3v) is 7.84. The van der Waals surface area contributed by atoms with Gasteiger partial charge in [-0.05, 0) is 57.0 Å². The van der Waals surface area contributed by atoms with Crippen LogP contribution in [0.1, 0.15) is 49.1 Å². The first kappa shape index (κ1) is 21.3. The first-order valence-electron chi connectivity index (χ1n) is 12.9. The van der Waals surface area contributed by atoms with Crippen molar-refractivity contribution < 1.29 is 0 Å². The van der Waals surface area contributed by atoms with Crippen LogP contribution >= 0.6 is 0 Å². The molecule has 0 fully saturated rings. The van der Waals surface area contributed by atoms with Crippen LogP contribution in [0.3, 0.4) is 0 Å². The Bertz CT molecular complexity index is 1540. The maximum absolute atomic E-state index is 2.54. The maximum atomic E-state index is 2.54. The molecule has 4 heterocycles. The summed E-state index contributed by atoms with van der Waals surface area (Å²) in [6, 6.07) is 26.9. The molecule has 3 aromatic carbocycles. The number of benzene rings is 3. The predicted molar refractivity (Wildman–Crippen MR) is 149 cm³/mol. The van der Waals surface area contributed by atoms with E-state index in [1.807, 2.05) is 0 Å². The van der Waals surface area contributed by atoms with E-state index in [1.54, 1.807) is 0 Å². The summed E-state index contributed by atoms with van der Waals surface area (Å²) >= 11 is 0. The van der Waals surface area contributed by atoms with E-state index < -0.39 is 0 Å². The molecule has 0 aliphatic carbocycles. The molecule has 0 amide bonds. The van der Waals surface area contributed by atoms with Gasteiger partial charge in [0.2, 0.25) is 0 Å². The van der Waals surface area contributed by atoms with Gasteiger partial charge in [0.25, 0.3) is 0 Å². The van der Waals surface area contributed by atoms with Crippen LogP contribution in [0.5, 0.6) is 0 Å². The Balaban J connectivity index is 1.53. The van der Waals surface area contributed by atoms with Crippen LogP contribution < -0.4 is 0 Å². The Kier molecular flexibility index (Phi) is 4.56. The summed E-state index contributed by atoms with van der Waals surface area (Å²) in [5.41, 5.74) is 12.0.